The van der Waals surface area contributed by atoms with E-state index in [1.807, 2.05) is 13.8 Å². The Bertz CT molecular complexity index is 1400. The van der Waals surface area contributed by atoms with Gasteiger partial charge >= 0.3 is 0 Å². The Morgan fingerprint density at radius 3 is 2.62 bits per heavy atom. The lowest BCUT2D eigenvalue weighted by Gasteiger charge is -2.29. The van der Waals surface area contributed by atoms with Gasteiger partial charge in [-0.05, 0) is 56.5 Å². The minimum absolute atomic E-state index is 0.0571. The van der Waals surface area contributed by atoms with Gasteiger partial charge in [-0.1, -0.05) is 13.8 Å². The van der Waals surface area contributed by atoms with Crippen LogP contribution in [0.2, 0.25) is 0 Å². The molecule has 0 aliphatic carbocycles. The molecule has 0 bridgehead atoms. The van der Waals surface area contributed by atoms with Crippen molar-refractivity contribution in [2.24, 2.45) is 11.8 Å². The summed E-state index contributed by atoms with van der Waals surface area (Å²) in [6, 6.07) is 10.2. The maximum Gasteiger partial charge on any atom is 0.261 e. The first-order chi connectivity index (χ1) is 16.1. The van der Waals surface area contributed by atoms with Gasteiger partial charge in [-0.3, -0.25) is 9.48 Å². The van der Waals surface area contributed by atoms with Gasteiger partial charge in [-0.2, -0.15) is 10.4 Å². The summed E-state index contributed by atoms with van der Waals surface area (Å²) in [7, 11) is -3.54. The number of ether oxygens (including phenoxy) is 1. The Hall–Kier alpha value is -3.16. The third kappa shape index (κ3) is 3.99. The van der Waals surface area contributed by atoms with Gasteiger partial charge in [-0.15, -0.1) is 0 Å². The number of hydrogen-bond donors (Lipinski definition) is 2. The number of aromatic nitrogens is 3. The molecule has 34 heavy (non-hydrogen) atoms. The van der Waals surface area contributed by atoms with Crippen LogP contribution in [0, 0.1) is 23.2 Å². The highest BCUT2D eigenvalue weighted by Gasteiger charge is 2.38. The molecule has 1 aliphatic heterocycles. The maximum atomic E-state index is 13.1. The first-order valence-electron chi connectivity index (χ1n) is 11.3. The lowest BCUT2D eigenvalue weighted by Crippen LogP contribution is -2.37. The lowest BCUT2D eigenvalue weighted by molar-refractivity contribution is 0.0359. The quantitative estimate of drug-likeness (QED) is 0.546. The van der Waals surface area contributed by atoms with E-state index in [1.54, 1.807) is 55.1 Å². The van der Waals surface area contributed by atoms with Crippen LogP contribution in [0.4, 0.5) is 11.5 Å². The number of pyridine rings is 1. The number of anilines is 2. The molecule has 4 rings (SSSR count). The number of H-pyrrole nitrogens is 1. The predicted octanol–water partition coefficient (Wildman–Crippen LogP) is 3.78. The first kappa shape index (κ1) is 24.0. The van der Waals surface area contributed by atoms with Crippen molar-refractivity contribution in [3.05, 3.63) is 46.9 Å². The summed E-state index contributed by atoms with van der Waals surface area (Å²) < 4.78 is 32.6. The minimum Gasteiger partial charge on any atom is -0.379 e. The van der Waals surface area contributed by atoms with E-state index in [2.05, 4.69) is 21.5 Å². The van der Waals surface area contributed by atoms with Crippen molar-refractivity contribution in [2.45, 2.75) is 49.8 Å². The lowest BCUT2D eigenvalue weighted by atomic mass is 9.96. The molecule has 1 unspecified atom stereocenters. The van der Waals surface area contributed by atoms with Gasteiger partial charge in [-0.25, -0.2) is 8.42 Å². The number of benzene rings is 1. The minimum atomic E-state index is -3.54. The maximum absolute atomic E-state index is 13.1. The highest BCUT2D eigenvalue weighted by Crippen LogP contribution is 2.34. The fourth-order valence-electron chi connectivity index (χ4n) is 4.02. The number of fused-ring (bicyclic) bond motifs is 1. The number of sulfone groups is 1. The molecule has 2 atom stereocenters. The van der Waals surface area contributed by atoms with E-state index in [9.17, 15) is 18.5 Å². The van der Waals surface area contributed by atoms with Crippen molar-refractivity contribution in [3.63, 3.8) is 0 Å². The molecule has 3 aromatic rings. The fourth-order valence-corrected chi connectivity index (χ4v) is 5.75. The topological polar surface area (TPSA) is 130 Å². The van der Waals surface area contributed by atoms with E-state index in [0.717, 1.165) is 0 Å². The molecule has 180 valence electrons. The number of nitriles is 1. The molecule has 3 heterocycles. The molecular weight excluding hydrogens is 454 g/mol. The van der Waals surface area contributed by atoms with Crippen LogP contribution < -0.4 is 10.9 Å². The van der Waals surface area contributed by atoms with Crippen LogP contribution >= 0.6 is 0 Å². The van der Waals surface area contributed by atoms with Crippen molar-refractivity contribution in [1.29, 1.82) is 5.26 Å². The summed E-state index contributed by atoms with van der Waals surface area (Å²) in [6.45, 7) is 8.09. The summed E-state index contributed by atoms with van der Waals surface area (Å²) in [4.78, 5) is 15.6. The van der Waals surface area contributed by atoms with E-state index in [1.165, 1.54) is 0 Å². The van der Waals surface area contributed by atoms with Gasteiger partial charge in [0.1, 0.15) is 5.39 Å². The van der Waals surface area contributed by atoms with E-state index in [4.69, 9.17) is 4.74 Å². The molecule has 0 saturated carbocycles. The number of rotatable bonds is 6. The van der Waals surface area contributed by atoms with E-state index < -0.39 is 14.6 Å². The van der Waals surface area contributed by atoms with Crippen LogP contribution in [0.5, 0.6) is 0 Å². The monoisotopic (exact) mass is 483 g/mol. The standard InChI is InChI=1S/C24H29N5O4S/c1-15(2)24(3,4)34(31,32)18-7-5-17(6-8-18)27-22-21-19(9-11-26-23(21)30)29(28-22)20-14-33-12-10-16(20)13-25/h5-9,11,15-16,20H,10,12,14H2,1-4H3,(H,26,30)(H,27,28)/t16?,20-/m0/s1. The first-order valence-corrected chi connectivity index (χ1v) is 12.7. The molecule has 2 N–H and O–H groups in total. The molecule has 2 aromatic heterocycles. The number of nitrogens with zero attached hydrogens (tertiary/aromatic N) is 3. The van der Waals surface area contributed by atoms with Gasteiger partial charge in [0.2, 0.25) is 0 Å². The Morgan fingerprint density at radius 2 is 1.97 bits per heavy atom. The molecular formula is C24H29N5O4S. The molecule has 1 aromatic carbocycles. The zero-order valence-electron chi connectivity index (χ0n) is 19.7. The van der Waals surface area contributed by atoms with Gasteiger partial charge in [0.25, 0.3) is 5.56 Å². The summed E-state index contributed by atoms with van der Waals surface area (Å²) in [5.74, 6) is -0.00613. The number of hydrogen-bond acceptors (Lipinski definition) is 7. The van der Waals surface area contributed by atoms with Crippen molar-refractivity contribution >= 4 is 32.2 Å². The highest BCUT2D eigenvalue weighted by molar-refractivity contribution is 7.92. The molecule has 0 spiro atoms. The second-order valence-corrected chi connectivity index (χ2v) is 12.0. The summed E-state index contributed by atoms with van der Waals surface area (Å²) in [5.41, 5.74) is 0.877. The second kappa shape index (κ2) is 8.89. The van der Waals surface area contributed by atoms with Crippen LogP contribution in [-0.2, 0) is 14.6 Å². The molecule has 1 aliphatic rings. The molecule has 9 nitrogen and oxygen atoms in total. The van der Waals surface area contributed by atoms with Gasteiger partial charge in [0, 0.05) is 18.5 Å². The van der Waals surface area contributed by atoms with Gasteiger partial charge < -0.3 is 15.0 Å². The second-order valence-electron chi connectivity index (χ2n) is 9.44. The normalized spacial score (nSPS) is 19.3. The van der Waals surface area contributed by atoms with Crippen molar-refractivity contribution < 1.29 is 13.2 Å². The number of nitrogens with one attached hydrogen (secondary N) is 2. The van der Waals surface area contributed by atoms with Crippen LogP contribution in [0.15, 0.2) is 46.2 Å². The smallest absolute Gasteiger partial charge is 0.261 e. The third-order valence-electron chi connectivity index (χ3n) is 6.95. The fraction of sp³-hybridized carbons (Fsp3) is 0.458. The summed E-state index contributed by atoms with van der Waals surface area (Å²) >= 11 is 0. The molecule has 1 saturated heterocycles. The van der Waals surface area contributed by atoms with Crippen molar-refractivity contribution in [3.8, 4) is 6.07 Å². The van der Waals surface area contributed by atoms with Crippen LogP contribution in [0.25, 0.3) is 10.9 Å². The zero-order chi connectivity index (χ0) is 24.7. The Morgan fingerprint density at radius 1 is 1.26 bits per heavy atom. The zero-order valence-corrected chi connectivity index (χ0v) is 20.5. The summed E-state index contributed by atoms with van der Waals surface area (Å²) in [6.07, 6.45) is 2.14. The van der Waals surface area contributed by atoms with Gasteiger partial charge in [0.05, 0.1) is 39.8 Å². The van der Waals surface area contributed by atoms with E-state index >= 15 is 0 Å². The van der Waals surface area contributed by atoms with Gasteiger partial charge in [0.15, 0.2) is 15.7 Å². The average Bonchev–Trinajstić information content (AvgIpc) is 3.18. The molecule has 10 heteroatoms. The Kier molecular flexibility index (Phi) is 6.27. The van der Waals surface area contributed by atoms with Crippen molar-refractivity contribution in [1.82, 2.24) is 14.8 Å². The average molecular weight is 484 g/mol. The number of aromatic amines is 1. The highest BCUT2D eigenvalue weighted by atomic mass is 32.2. The van der Waals surface area contributed by atoms with Crippen LogP contribution in [0.1, 0.15) is 40.2 Å². The van der Waals surface area contributed by atoms with Crippen molar-refractivity contribution in [2.75, 3.05) is 18.5 Å². The Labute approximate surface area is 198 Å². The van der Waals surface area contributed by atoms with E-state index in [-0.39, 0.29) is 28.3 Å². The van der Waals surface area contributed by atoms with Crippen LogP contribution in [0.3, 0.4) is 0 Å². The largest absolute Gasteiger partial charge is 0.379 e. The molecule has 0 amide bonds. The van der Waals surface area contributed by atoms with Crippen LogP contribution in [-0.4, -0.2) is 41.1 Å². The van der Waals surface area contributed by atoms with E-state index in [0.29, 0.717) is 42.0 Å². The predicted molar refractivity (Wildman–Crippen MR) is 130 cm³/mol. The SMILES string of the molecule is CC(C)C(C)(C)S(=O)(=O)c1ccc(Nc2nn([C@H]3COCCC3C#N)c3cc[nH]c(=O)c23)cc1. The summed E-state index contributed by atoms with van der Waals surface area (Å²) in [5, 5.41) is 17.7. The molecule has 0 radical (unpaired) electrons. The Balaban J connectivity index is 1.71. The molecule has 1 fully saturated rings. The third-order valence-corrected chi connectivity index (χ3v) is 9.70.